The summed E-state index contributed by atoms with van der Waals surface area (Å²) in [5.74, 6) is -1.51. The molecule has 0 radical (unpaired) electrons. The molecule has 0 bridgehead atoms. The second-order valence-corrected chi connectivity index (χ2v) is 9.74. The second-order valence-electron chi connectivity index (χ2n) is 9.74. The van der Waals surface area contributed by atoms with Crippen LogP contribution in [0.25, 0.3) is 11.1 Å². The van der Waals surface area contributed by atoms with Crippen LogP contribution >= 0.6 is 0 Å². The fourth-order valence-electron chi connectivity index (χ4n) is 5.56. The number of hydrogen-bond donors (Lipinski definition) is 3. The molecule has 3 N–H and O–H groups in total. The highest BCUT2D eigenvalue weighted by atomic mass is 16.5. The number of ether oxygens (including phenoxy) is 1. The number of rotatable bonds is 7. The fourth-order valence-corrected chi connectivity index (χ4v) is 5.56. The van der Waals surface area contributed by atoms with E-state index in [9.17, 15) is 14.4 Å². The highest BCUT2D eigenvalue weighted by Crippen LogP contribution is 2.44. The van der Waals surface area contributed by atoms with Gasteiger partial charge in [-0.3, -0.25) is 9.59 Å². The smallest absolute Gasteiger partial charge is 0.408 e. The molecule has 7 nitrogen and oxygen atoms in total. The van der Waals surface area contributed by atoms with Gasteiger partial charge in [0.1, 0.15) is 12.1 Å². The van der Waals surface area contributed by atoms with Crippen LogP contribution in [-0.2, 0) is 14.3 Å². The molecule has 0 aromatic heterocycles. The molecule has 178 valence electrons. The van der Waals surface area contributed by atoms with E-state index >= 15 is 0 Å². The Morgan fingerprint density at radius 1 is 0.941 bits per heavy atom. The Morgan fingerprint density at radius 2 is 1.56 bits per heavy atom. The molecular formula is C27H30N2O5. The van der Waals surface area contributed by atoms with Crippen LogP contribution in [0.5, 0.6) is 0 Å². The van der Waals surface area contributed by atoms with Crippen molar-refractivity contribution in [1.82, 2.24) is 10.6 Å². The van der Waals surface area contributed by atoms with Crippen LogP contribution in [-0.4, -0.2) is 41.8 Å². The summed E-state index contributed by atoms with van der Waals surface area (Å²) in [5.41, 5.74) is 3.59. The highest BCUT2D eigenvalue weighted by Gasteiger charge is 2.46. The molecule has 2 amide bonds. The minimum absolute atomic E-state index is 0.0310. The Kier molecular flexibility index (Phi) is 6.02. The van der Waals surface area contributed by atoms with Crippen molar-refractivity contribution in [2.24, 2.45) is 11.8 Å². The lowest BCUT2D eigenvalue weighted by atomic mass is 9.81. The summed E-state index contributed by atoms with van der Waals surface area (Å²) >= 11 is 0. The van der Waals surface area contributed by atoms with Gasteiger partial charge in [0.05, 0.1) is 5.92 Å². The van der Waals surface area contributed by atoms with Crippen molar-refractivity contribution in [2.45, 2.75) is 50.0 Å². The van der Waals surface area contributed by atoms with Crippen molar-refractivity contribution in [3.63, 3.8) is 0 Å². The van der Waals surface area contributed by atoms with Crippen molar-refractivity contribution in [3.05, 3.63) is 59.7 Å². The molecule has 5 rings (SSSR count). The zero-order valence-electron chi connectivity index (χ0n) is 19.1. The second kappa shape index (κ2) is 9.12. The van der Waals surface area contributed by atoms with Crippen LogP contribution in [0.2, 0.25) is 0 Å². The first-order chi connectivity index (χ1) is 16.5. The summed E-state index contributed by atoms with van der Waals surface area (Å²) in [6, 6.07) is 16.3. The summed E-state index contributed by atoms with van der Waals surface area (Å²) < 4.78 is 5.70. The number of fused-ring (bicyclic) bond motifs is 3. The molecule has 0 saturated heterocycles. The van der Waals surface area contributed by atoms with E-state index in [1.807, 2.05) is 24.3 Å². The van der Waals surface area contributed by atoms with E-state index in [1.165, 1.54) is 0 Å². The van der Waals surface area contributed by atoms with Gasteiger partial charge in [-0.1, -0.05) is 67.8 Å². The van der Waals surface area contributed by atoms with Crippen molar-refractivity contribution in [1.29, 1.82) is 0 Å². The quantitative estimate of drug-likeness (QED) is 0.576. The number of carbonyl (C=O) groups excluding carboxylic acids is 2. The van der Waals surface area contributed by atoms with Crippen LogP contribution in [0, 0.1) is 11.8 Å². The SMILES string of the molecule is O=C(NC1(C(=O)NC[C@@H]2C[C@@H]2C(=O)O)CCCCC1)OCC1c2ccccc2-c2ccccc21. The number of alkyl carbamates (subject to hydrolysis) is 1. The molecule has 2 fully saturated rings. The summed E-state index contributed by atoms with van der Waals surface area (Å²) in [7, 11) is 0. The summed E-state index contributed by atoms with van der Waals surface area (Å²) in [5, 5.41) is 14.9. The van der Waals surface area contributed by atoms with Crippen LogP contribution in [0.4, 0.5) is 4.79 Å². The van der Waals surface area contributed by atoms with E-state index in [4.69, 9.17) is 9.84 Å². The minimum atomic E-state index is -1.01. The van der Waals surface area contributed by atoms with Crippen LogP contribution in [0.15, 0.2) is 48.5 Å². The third-order valence-electron chi connectivity index (χ3n) is 7.59. The van der Waals surface area contributed by atoms with Gasteiger partial charge in [-0.15, -0.1) is 0 Å². The molecule has 3 aliphatic rings. The molecule has 3 aliphatic carbocycles. The van der Waals surface area contributed by atoms with E-state index in [0.717, 1.165) is 41.5 Å². The number of carbonyl (C=O) groups is 3. The molecule has 0 spiro atoms. The Hall–Kier alpha value is -3.35. The van der Waals surface area contributed by atoms with Gasteiger partial charge < -0.3 is 20.5 Å². The first-order valence-electron chi connectivity index (χ1n) is 12.1. The first-order valence-corrected chi connectivity index (χ1v) is 12.1. The zero-order valence-corrected chi connectivity index (χ0v) is 19.1. The molecule has 0 unspecified atom stereocenters. The van der Waals surface area contributed by atoms with Crippen LogP contribution in [0.3, 0.4) is 0 Å². The van der Waals surface area contributed by atoms with Crippen LogP contribution in [0.1, 0.15) is 55.6 Å². The normalized spacial score (nSPS) is 22.2. The number of amides is 2. The van der Waals surface area contributed by atoms with E-state index in [0.29, 0.717) is 25.8 Å². The Labute approximate surface area is 198 Å². The van der Waals surface area contributed by atoms with Gasteiger partial charge in [-0.25, -0.2) is 4.79 Å². The lowest BCUT2D eigenvalue weighted by Crippen LogP contribution is -2.60. The molecule has 2 aromatic rings. The predicted octanol–water partition coefficient (Wildman–Crippen LogP) is 4.06. The lowest BCUT2D eigenvalue weighted by Gasteiger charge is -2.36. The Balaban J connectivity index is 1.23. The molecule has 2 aromatic carbocycles. The van der Waals surface area contributed by atoms with Gasteiger partial charge in [-0.2, -0.15) is 0 Å². The van der Waals surface area contributed by atoms with Crippen molar-refractivity contribution >= 4 is 18.0 Å². The standard InChI is InChI=1S/C27H30N2O5/c30-24(31)22-14-17(22)15-28-25(32)27(12-6-1-7-13-27)29-26(33)34-16-23-20-10-4-2-8-18(20)19-9-3-5-11-21(19)23/h2-5,8-11,17,22-23H,1,6-7,12-16H2,(H,28,32)(H,29,33)(H,30,31)/t17-,22-/m0/s1. The third kappa shape index (κ3) is 4.27. The Morgan fingerprint density at radius 3 is 2.15 bits per heavy atom. The molecule has 0 aliphatic heterocycles. The van der Waals surface area contributed by atoms with Crippen molar-refractivity contribution < 1.29 is 24.2 Å². The largest absolute Gasteiger partial charge is 0.481 e. The maximum absolute atomic E-state index is 13.1. The predicted molar refractivity (Wildman–Crippen MR) is 126 cm³/mol. The van der Waals surface area contributed by atoms with Gasteiger partial charge in [-0.05, 0) is 47.4 Å². The zero-order chi connectivity index (χ0) is 23.7. The first kappa shape index (κ1) is 22.4. The highest BCUT2D eigenvalue weighted by molar-refractivity contribution is 5.90. The Bertz CT molecular complexity index is 1060. The van der Waals surface area contributed by atoms with Gasteiger partial charge >= 0.3 is 12.1 Å². The van der Waals surface area contributed by atoms with E-state index in [-0.39, 0.29) is 30.3 Å². The van der Waals surface area contributed by atoms with Gasteiger partial charge in [0, 0.05) is 12.5 Å². The maximum Gasteiger partial charge on any atom is 0.408 e. The van der Waals surface area contributed by atoms with Crippen molar-refractivity contribution in [3.8, 4) is 11.1 Å². The number of benzene rings is 2. The van der Waals surface area contributed by atoms with Gasteiger partial charge in [0.25, 0.3) is 0 Å². The maximum atomic E-state index is 13.1. The summed E-state index contributed by atoms with van der Waals surface area (Å²) in [6.07, 6.45) is 3.81. The molecule has 0 heterocycles. The molecule has 2 saturated carbocycles. The lowest BCUT2D eigenvalue weighted by molar-refractivity contribution is -0.139. The fraction of sp³-hybridized carbons (Fsp3) is 0.444. The number of nitrogens with one attached hydrogen (secondary N) is 2. The van der Waals surface area contributed by atoms with Gasteiger partial charge in [0.15, 0.2) is 0 Å². The molecular weight excluding hydrogens is 432 g/mol. The number of carboxylic acid groups (broad SMARTS) is 1. The minimum Gasteiger partial charge on any atom is -0.481 e. The number of aliphatic carboxylic acids is 1. The van der Waals surface area contributed by atoms with Gasteiger partial charge in [0.2, 0.25) is 5.91 Å². The molecule has 2 atom stereocenters. The van der Waals surface area contributed by atoms with Crippen LogP contribution < -0.4 is 10.6 Å². The van der Waals surface area contributed by atoms with E-state index < -0.39 is 17.6 Å². The summed E-state index contributed by atoms with van der Waals surface area (Å²) in [6.45, 7) is 0.518. The molecule has 7 heteroatoms. The van der Waals surface area contributed by atoms with Crippen molar-refractivity contribution in [2.75, 3.05) is 13.2 Å². The average molecular weight is 463 g/mol. The molecule has 34 heavy (non-hydrogen) atoms. The average Bonchev–Trinajstić information content (AvgIpc) is 3.57. The van der Waals surface area contributed by atoms with E-state index in [2.05, 4.69) is 34.9 Å². The number of carboxylic acids is 1. The topological polar surface area (TPSA) is 105 Å². The number of hydrogen-bond acceptors (Lipinski definition) is 4. The monoisotopic (exact) mass is 462 g/mol. The van der Waals surface area contributed by atoms with E-state index in [1.54, 1.807) is 0 Å². The summed E-state index contributed by atoms with van der Waals surface area (Å²) in [4.78, 5) is 37.1. The third-order valence-corrected chi connectivity index (χ3v) is 7.59.